The molecule has 162 valence electrons. The number of hydrogen-bond acceptors (Lipinski definition) is 3. The Morgan fingerprint density at radius 1 is 1.14 bits per heavy atom. The van der Waals surface area contributed by atoms with E-state index in [9.17, 15) is 15.5 Å². The van der Waals surface area contributed by atoms with E-state index in [0.717, 1.165) is 25.7 Å². The van der Waals surface area contributed by atoms with Gasteiger partial charge in [0.25, 0.3) is 0 Å². The minimum Gasteiger partial charge on any atom is -0.393 e. The van der Waals surface area contributed by atoms with Gasteiger partial charge in [0, 0.05) is 6.42 Å². The summed E-state index contributed by atoms with van der Waals surface area (Å²) in [5.41, 5.74) is -0.296. The normalized spacial score (nSPS) is 52.6. The van der Waals surface area contributed by atoms with E-state index in [4.69, 9.17) is 0 Å². The first-order chi connectivity index (χ1) is 13.7. The molecule has 3 heteroatoms. The molecule has 10 atom stereocenters. The molecule has 0 unspecified atom stereocenters. The molecular weight excluding hydrogens is 358 g/mol. The largest absolute Gasteiger partial charge is 0.393 e. The molecule has 4 aliphatic carbocycles. The van der Waals surface area contributed by atoms with Crippen LogP contribution in [0.2, 0.25) is 0 Å². The SMILES string of the molecule is C=CC[C@@]1(O)C[C@@H]2[C@H](CC[C@]3(C)[C@@H]([C@H](C)CC#N)CC[C@@H]23)[C@@]2(C)CC[C@@H](O)C[C@H]12. The van der Waals surface area contributed by atoms with Crippen molar-refractivity contribution in [3.63, 3.8) is 0 Å². The Hall–Kier alpha value is -0.850. The standard InChI is InChI=1S/C26H41NO2/c1-5-11-26(29)16-19-21-7-6-20(17(2)10-14-27)24(21,3)13-9-22(19)25(4)12-8-18(28)15-23(25)26/h5,17-23,28-29H,1,6-13,15-16H2,2-4H3/t17-,18-,19+,20-,21+,22+,23+,24-,25-,26-/m1/s1. The molecular formula is C26H41NO2. The zero-order valence-corrected chi connectivity index (χ0v) is 18.7. The Bertz CT molecular complexity index is 685. The highest BCUT2D eigenvalue weighted by Crippen LogP contribution is 2.70. The first-order valence-electron chi connectivity index (χ1n) is 12.1. The smallest absolute Gasteiger partial charge is 0.0719 e. The third-order valence-corrected chi connectivity index (χ3v) is 10.5. The van der Waals surface area contributed by atoms with Gasteiger partial charge in [-0.05, 0) is 104 Å². The van der Waals surface area contributed by atoms with Crippen LogP contribution in [0.3, 0.4) is 0 Å². The highest BCUT2D eigenvalue weighted by Gasteiger charge is 2.65. The van der Waals surface area contributed by atoms with Crippen molar-refractivity contribution < 1.29 is 10.2 Å². The molecule has 0 radical (unpaired) electrons. The van der Waals surface area contributed by atoms with E-state index in [0.29, 0.717) is 47.8 Å². The minimum absolute atomic E-state index is 0.123. The van der Waals surface area contributed by atoms with Crippen molar-refractivity contribution in [2.45, 2.75) is 96.7 Å². The van der Waals surface area contributed by atoms with Crippen LogP contribution in [0.15, 0.2) is 12.7 Å². The highest BCUT2D eigenvalue weighted by atomic mass is 16.3. The lowest BCUT2D eigenvalue weighted by Crippen LogP contribution is -2.63. The van der Waals surface area contributed by atoms with Gasteiger partial charge >= 0.3 is 0 Å². The van der Waals surface area contributed by atoms with Gasteiger partial charge < -0.3 is 10.2 Å². The Labute approximate surface area is 177 Å². The molecule has 0 bridgehead atoms. The molecule has 2 N–H and O–H groups in total. The number of aliphatic hydroxyl groups excluding tert-OH is 1. The van der Waals surface area contributed by atoms with Gasteiger partial charge in [-0.2, -0.15) is 5.26 Å². The van der Waals surface area contributed by atoms with E-state index < -0.39 is 5.60 Å². The molecule has 3 nitrogen and oxygen atoms in total. The Morgan fingerprint density at radius 2 is 1.83 bits per heavy atom. The lowest BCUT2D eigenvalue weighted by molar-refractivity contribution is -0.215. The Morgan fingerprint density at radius 3 is 2.52 bits per heavy atom. The van der Waals surface area contributed by atoms with Gasteiger partial charge in [-0.3, -0.25) is 0 Å². The van der Waals surface area contributed by atoms with Crippen LogP contribution < -0.4 is 0 Å². The van der Waals surface area contributed by atoms with Crippen LogP contribution in [0.1, 0.15) is 85.0 Å². The zero-order valence-electron chi connectivity index (χ0n) is 18.7. The van der Waals surface area contributed by atoms with Gasteiger partial charge in [-0.15, -0.1) is 6.58 Å². The molecule has 0 aromatic carbocycles. The van der Waals surface area contributed by atoms with Gasteiger partial charge in [0.15, 0.2) is 0 Å². The molecule has 0 saturated heterocycles. The first-order valence-corrected chi connectivity index (χ1v) is 12.1. The lowest BCUT2D eigenvalue weighted by atomic mass is 9.41. The molecule has 0 aromatic heterocycles. The molecule has 4 rings (SSSR count). The van der Waals surface area contributed by atoms with E-state index in [1.807, 2.05) is 6.08 Å². The molecule has 29 heavy (non-hydrogen) atoms. The van der Waals surface area contributed by atoms with E-state index in [-0.39, 0.29) is 17.4 Å². The summed E-state index contributed by atoms with van der Waals surface area (Å²) in [5, 5.41) is 31.6. The fourth-order valence-electron chi connectivity index (χ4n) is 9.27. The number of nitriles is 1. The summed E-state index contributed by atoms with van der Waals surface area (Å²) in [6.45, 7) is 11.2. The van der Waals surface area contributed by atoms with Crippen LogP contribution in [0.5, 0.6) is 0 Å². The second-order valence-electron chi connectivity index (χ2n) is 11.7. The summed E-state index contributed by atoms with van der Waals surface area (Å²) in [7, 11) is 0. The highest BCUT2D eigenvalue weighted by molar-refractivity contribution is 5.15. The minimum atomic E-state index is -0.728. The number of rotatable bonds is 4. The van der Waals surface area contributed by atoms with E-state index in [2.05, 4.69) is 33.4 Å². The van der Waals surface area contributed by atoms with E-state index in [1.54, 1.807) is 0 Å². The van der Waals surface area contributed by atoms with Gasteiger partial charge in [0.1, 0.15) is 0 Å². The van der Waals surface area contributed by atoms with E-state index in [1.165, 1.54) is 25.7 Å². The monoisotopic (exact) mass is 399 g/mol. The second kappa shape index (κ2) is 7.38. The summed E-state index contributed by atoms with van der Waals surface area (Å²) >= 11 is 0. The number of aliphatic hydroxyl groups is 2. The van der Waals surface area contributed by atoms with Crippen molar-refractivity contribution in [3.05, 3.63) is 12.7 Å². The topological polar surface area (TPSA) is 64.2 Å². The average molecular weight is 400 g/mol. The molecule has 0 heterocycles. The quantitative estimate of drug-likeness (QED) is 0.616. The average Bonchev–Trinajstić information content (AvgIpc) is 3.01. The molecule has 0 spiro atoms. The van der Waals surface area contributed by atoms with Crippen LogP contribution in [0, 0.1) is 57.7 Å². The van der Waals surface area contributed by atoms with Crippen LogP contribution >= 0.6 is 0 Å². The fraction of sp³-hybridized carbons (Fsp3) is 0.885. The lowest BCUT2D eigenvalue weighted by Gasteiger charge is -2.65. The summed E-state index contributed by atoms with van der Waals surface area (Å²) in [4.78, 5) is 0. The van der Waals surface area contributed by atoms with Crippen molar-refractivity contribution in [2.75, 3.05) is 0 Å². The molecule has 4 fully saturated rings. The maximum absolute atomic E-state index is 11.9. The van der Waals surface area contributed by atoms with Crippen LogP contribution in [-0.2, 0) is 0 Å². The van der Waals surface area contributed by atoms with Gasteiger partial charge in [-0.1, -0.05) is 26.8 Å². The fourth-order valence-corrected chi connectivity index (χ4v) is 9.27. The van der Waals surface area contributed by atoms with Gasteiger partial charge in [0.05, 0.1) is 17.8 Å². The summed E-state index contributed by atoms with van der Waals surface area (Å²) in [5.74, 6) is 3.17. The zero-order chi connectivity index (χ0) is 21.0. The molecule has 0 aromatic rings. The van der Waals surface area contributed by atoms with Crippen molar-refractivity contribution >= 4 is 0 Å². The molecule has 4 saturated carbocycles. The summed E-state index contributed by atoms with van der Waals surface area (Å²) in [6.07, 6.45) is 11.5. The summed E-state index contributed by atoms with van der Waals surface area (Å²) < 4.78 is 0. The van der Waals surface area contributed by atoms with Crippen molar-refractivity contribution in [2.24, 2.45) is 46.3 Å². The third-order valence-electron chi connectivity index (χ3n) is 10.5. The first kappa shape index (κ1) is 21.4. The summed E-state index contributed by atoms with van der Waals surface area (Å²) in [6, 6.07) is 2.42. The predicted octanol–water partition coefficient (Wildman–Crippen LogP) is 5.47. The Kier molecular flexibility index (Phi) is 5.44. The Balaban J connectivity index is 1.68. The number of hydrogen-bond donors (Lipinski definition) is 2. The van der Waals surface area contributed by atoms with Gasteiger partial charge in [-0.25, -0.2) is 0 Å². The van der Waals surface area contributed by atoms with Crippen molar-refractivity contribution in [3.8, 4) is 6.07 Å². The van der Waals surface area contributed by atoms with E-state index >= 15 is 0 Å². The van der Waals surface area contributed by atoms with Crippen molar-refractivity contribution in [1.82, 2.24) is 0 Å². The molecule has 4 aliphatic rings. The third kappa shape index (κ3) is 3.12. The maximum Gasteiger partial charge on any atom is 0.0719 e. The number of nitrogens with zero attached hydrogens (tertiary/aromatic N) is 1. The van der Waals surface area contributed by atoms with Gasteiger partial charge in [0.2, 0.25) is 0 Å². The number of fused-ring (bicyclic) bond motifs is 5. The van der Waals surface area contributed by atoms with Crippen LogP contribution in [0.25, 0.3) is 0 Å². The predicted molar refractivity (Wildman–Crippen MR) is 116 cm³/mol. The second-order valence-corrected chi connectivity index (χ2v) is 11.7. The van der Waals surface area contributed by atoms with Crippen LogP contribution in [0.4, 0.5) is 0 Å². The van der Waals surface area contributed by atoms with Crippen LogP contribution in [-0.4, -0.2) is 21.9 Å². The maximum atomic E-state index is 11.9. The molecule has 0 amide bonds. The molecule has 0 aliphatic heterocycles. The van der Waals surface area contributed by atoms with Crippen molar-refractivity contribution in [1.29, 1.82) is 5.26 Å².